The normalized spacial score (nSPS) is 19.2. The van der Waals surface area contributed by atoms with Crippen LogP contribution in [0.1, 0.15) is 42.0 Å². The quantitative estimate of drug-likeness (QED) is 0.385. The zero-order chi connectivity index (χ0) is 22.8. The number of nitrogens with zero attached hydrogens (tertiary/aromatic N) is 2. The second-order valence-corrected chi connectivity index (χ2v) is 7.92. The first-order valence-corrected chi connectivity index (χ1v) is 9.89. The van der Waals surface area contributed by atoms with Gasteiger partial charge >= 0.3 is 17.6 Å². The molecule has 31 heavy (non-hydrogen) atoms. The minimum absolute atomic E-state index is 0.0216. The van der Waals surface area contributed by atoms with Crippen molar-refractivity contribution in [3.8, 4) is 5.75 Å². The van der Waals surface area contributed by atoms with Crippen LogP contribution in [0.2, 0.25) is 0 Å². The van der Waals surface area contributed by atoms with Gasteiger partial charge in [-0.1, -0.05) is 36.8 Å². The smallest absolute Gasteiger partial charge is 0.414 e. The number of carbonyl (C=O) groups is 2. The standard InChI is InChI=1S/C20H22N2O3.C2H2O4/c1-21-11-8-14-12-17(22(24)25)18(23)13-16(14)19(21)20(9-5-10-20)15-6-3-2-4-7-15;3-1(4)2(5)6/h2-4,6-7,12-13,19,23H,5,8-11H2,1H3;(H,3,4)(H,5,6). The molecule has 1 saturated carbocycles. The minimum Gasteiger partial charge on any atom is -0.502 e. The first-order chi connectivity index (χ1) is 14.7. The summed E-state index contributed by atoms with van der Waals surface area (Å²) < 4.78 is 0. The number of likely N-dealkylation sites (N-methyl/N-ethyl adjacent to an activating group) is 1. The Morgan fingerprint density at radius 1 is 1.13 bits per heavy atom. The van der Waals surface area contributed by atoms with Crippen LogP contribution >= 0.6 is 0 Å². The molecule has 1 fully saturated rings. The Labute approximate surface area is 178 Å². The van der Waals surface area contributed by atoms with Gasteiger partial charge in [-0.3, -0.25) is 15.0 Å². The van der Waals surface area contributed by atoms with Gasteiger partial charge < -0.3 is 15.3 Å². The van der Waals surface area contributed by atoms with Crippen molar-refractivity contribution in [1.82, 2.24) is 4.90 Å². The molecule has 0 radical (unpaired) electrons. The number of carboxylic acid groups (broad SMARTS) is 2. The lowest BCUT2D eigenvalue weighted by Crippen LogP contribution is -2.49. The molecule has 1 aliphatic heterocycles. The highest BCUT2D eigenvalue weighted by molar-refractivity contribution is 6.27. The lowest BCUT2D eigenvalue weighted by Gasteiger charge is -2.53. The van der Waals surface area contributed by atoms with Crippen LogP contribution in [0.25, 0.3) is 0 Å². The van der Waals surface area contributed by atoms with E-state index in [1.165, 1.54) is 12.0 Å². The number of fused-ring (bicyclic) bond motifs is 1. The molecule has 1 unspecified atom stereocenters. The monoisotopic (exact) mass is 428 g/mol. The number of nitro benzene ring substituents is 1. The van der Waals surface area contributed by atoms with E-state index in [0.717, 1.165) is 36.9 Å². The van der Waals surface area contributed by atoms with Crippen LogP contribution in [0.3, 0.4) is 0 Å². The third-order valence-corrected chi connectivity index (χ3v) is 6.20. The van der Waals surface area contributed by atoms with Crippen molar-refractivity contribution in [2.24, 2.45) is 0 Å². The molecule has 0 amide bonds. The Morgan fingerprint density at radius 3 is 2.23 bits per heavy atom. The number of hydrogen-bond acceptors (Lipinski definition) is 6. The van der Waals surface area contributed by atoms with Gasteiger partial charge in [-0.25, -0.2) is 9.59 Å². The van der Waals surface area contributed by atoms with E-state index in [1.807, 2.05) is 6.07 Å². The Balaban J connectivity index is 0.000000401. The summed E-state index contributed by atoms with van der Waals surface area (Å²) in [5.41, 5.74) is 3.19. The van der Waals surface area contributed by atoms with Gasteiger partial charge in [-0.2, -0.15) is 0 Å². The highest BCUT2D eigenvalue weighted by Gasteiger charge is 2.49. The van der Waals surface area contributed by atoms with E-state index in [9.17, 15) is 15.2 Å². The molecule has 4 rings (SSSR count). The number of aromatic hydroxyl groups is 1. The Bertz CT molecular complexity index is 990. The summed E-state index contributed by atoms with van der Waals surface area (Å²) in [6.07, 6.45) is 4.16. The van der Waals surface area contributed by atoms with Crippen molar-refractivity contribution >= 4 is 17.6 Å². The Kier molecular flexibility index (Phi) is 6.26. The third kappa shape index (κ3) is 4.22. The van der Waals surface area contributed by atoms with Crippen LogP contribution < -0.4 is 0 Å². The maximum Gasteiger partial charge on any atom is 0.414 e. The number of hydrogen-bond donors (Lipinski definition) is 3. The van der Waals surface area contributed by atoms with E-state index in [1.54, 1.807) is 12.1 Å². The Hall–Kier alpha value is -3.46. The van der Waals surface area contributed by atoms with Crippen LogP contribution in [0, 0.1) is 10.1 Å². The fourth-order valence-electron chi connectivity index (χ4n) is 4.68. The number of nitro groups is 1. The van der Waals surface area contributed by atoms with E-state index < -0.39 is 16.9 Å². The van der Waals surface area contributed by atoms with Gasteiger partial charge in [0.2, 0.25) is 0 Å². The molecule has 2 aromatic carbocycles. The van der Waals surface area contributed by atoms with Gasteiger partial charge in [-0.15, -0.1) is 0 Å². The topological polar surface area (TPSA) is 141 Å². The van der Waals surface area contributed by atoms with Crippen LogP contribution in [0.15, 0.2) is 42.5 Å². The minimum atomic E-state index is -1.82. The van der Waals surface area contributed by atoms with Crippen molar-refractivity contribution < 1.29 is 29.8 Å². The number of phenols is 1. The lowest BCUT2D eigenvalue weighted by molar-refractivity contribution is -0.386. The van der Waals surface area contributed by atoms with E-state index >= 15 is 0 Å². The van der Waals surface area contributed by atoms with Crippen LogP contribution in [-0.4, -0.2) is 50.7 Å². The van der Waals surface area contributed by atoms with Gasteiger partial charge in [0.1, 0.15) is 0 Å². The van der Waals surface area contributed by atoms with Gasteiger partial charge in [-0.05, 0) is 49.1 Å². The van der Waals surface area contributed by atoms with Crippen molar-refractivity contribution in [2.45, 2.75) is 37.1 Å². The predicted octanol–water partition coefficient (Wildman–Crippen LogP) is 3.11. The summed E-state index contributed by atoms with van der Waals surface area (Å²) >= 11 is 0. The first kappa shape index (κ1) is 22.2. The van der Waals surface area contributed by atoms with Gasteiger partial charge in [0.15, 0.2) is 5.75 Å². The molecule has 9 heteroatoms. The van der Waals surface area contributed by atoms with E-state index in [2.05, 4.69) is 36.2 Å². The van der Waals surface area contributed by atoms with Crippen molar-refractivity contribution in [1.29, 1.82) is 0 Å². The average molecular weight is 428 g/mol. The SMILES string of the molecule is CN1CCc2cc([N+](=O)[O-])c(O)cc2C1C1(c2ccccc2)CCC1.O=C(O)C(=O)O. The number of phenolic OH excluding ortho intramolecular Hbond substituents is 1. The predicted molar refractivity (Wildman–Crippen MR) is 111 cm³/mol. The second kappa shape index (κ2) is 8.73. The summed E-state index contributed by atoms with van der Waals surface area (Å²) in [6.45, 7) is 0.869. The molecule has 1 aliphatic carbocycles. The molecule has 164 valence electrons. The lowest BCUT2D eigenvalue weighted by atomic mass is 9.57. The summed E-state index contributed by atoms with van der Waals surface area (Å²) in [4.78, 5) is 31.2. The van der Waals surface area contributed by atoms with E-state index in [0.29, 0.717) is 0 Å². The highest BCUT2D eigenvalue weighted by atomic mass is 16.6. The number of carboxylic acids is 2. The summed E-state index contributed by atoms with van der Waals surface area (Å²) in [5.74, 6) is -3.88. The molecule has 2 aliphatic rings. The zero-order valence-corrected chi connectivity index (χ0v) is 17.0. The third-order valence-electron chi connectivity index (χ3n) is 6.20. The van der Waals surface area contributed by atoms with Crippen LogP contribution in [0.5, 0.6) is 5.75 Å². The van der Waals surface area contributed by atoms with Gasteiger partial charge in [0.05, 0.1) is 4.92 Å². The molecular formula is C22H24N2O7. The second-order valence-electron chi connectivity index (χ2n) is 7.92. The molecule has 2 aromatic rings. The summed E-state index contributed by atoms with van der Waals surface area (Å²) in [7, 11) is 2.12. The molecule has 1 heterocycles. The molecule has 9 nitrogen and oxygen atoms in total. The molecule has 0 bridgehead atoms. The molecule has 1 atom stereocenters. The summed E-state index contributed by atoms with van der Waals surface area (Å²) in [6, 6.07) is 13.9. The largest absolute Gasteiger partial charge is 0.502 e. The van der Waals surface area contributed by atoms with Crippen molar-refractivity contribution in [3.05, 3.63) is 69.3 Å². The average Bonchev–Trinajstić information content (AvgIpc) is 2.69. The van der Waals surface area contributed by atoms with Gasteiger partial charge in [0, 0.05) is 24.1 Å². The van der Waals surface area contributed by atoms with Crippen molar-refractivity contribution in [2.75, 3.05) is 13.6 Å². The van der Waals surface area contributed by atoms with Crippen molar-refractivity contribution in [3.63, 3.8) is 0 Å². The molecule has 0 saturated heterocycles. The molecule has 0 spiro atoms. The van der Waals surface area contributed by atoms with E-state index in [-0.39, 0.29) is 22.9 Å². The maximum atomic E-state index is 11.2. The zero-order valence-electron chi connectivity index (χ0n) is 17.0. The maximum absolute atomic E-state index is 11.2. The fraction of sp³-hybridized carbons (Fsp3) is 0.364. The van der Waals surface area contributed by atoms with Crippen LogP contribution in [0.4, 0.5) is 5.69 Å². The Morgan fingerprint density at radius 2 is 1.74 bits per heavy atom. The molecular weight excluding hydrogens is 404 g/mol. The summed E-state index contributed by atoms with van der Waals surface area (Å²) in [5, 5.41) is 36.2. The van der Waals surface area contributed by atoms with Crippen LogP contribution in [-0.2, 0) is 21.4 Å². The number of benzene rings is 2. The molecule has 3 N–H and O–H groups in total. The fourth-order valence-corrected chi connectivity index (χ4v) is 4.68. The number of rotatable bonds is 3. The number of aliphatic carboxylic acids is 2. The molecule has 0 aromatic heterocycles. The highest BCUT2D eigenvalue weighted by Crippen LogP contribution is 2.56. The van der Waals surface area contributed by atoms with Gasteiger partial charge in [0.25, 0.3) is 0 Å². The first-order valence-electron chi connectivity index (χ1n) is 9.89. The van der Waals surface area contributed by atoms with E-state index in [4.69, 9.17) is 19.8 Å².